The van der Waals surface area contributed by atoms with Gasteiger partial charge in [-0.2, -0.15) is 0 Å². The van der Waals surface area contributed by atoms with Crippen molar-refractivity contribution in [2.45, 2.75) is 45.1 Å². The van der Waals surface area contributed by atoms with Crippen LogP contribution in [0.25, 0.3) is 0 Å². The lowest BCUT2D eigenvalue weighted by Gasteiger charge is -2.33. The second-order valence-electron chi connectivity index (χ2n) is 4.30. The Labute approximate surface area is 89.1 Å². The van der Waals surface area contributed by atoms with Gasteiger partial charge in [0.05, 0.1) is 0 Å². The zero-order valence-corrected chi connectivity index (χ0v) is 9.60. The number of hydrogen-bond donors (Lipinski definition) is 1. The molecule has 1 atom stereocenters. The summed E-state index contributed by atoms with van der Waals surface area (Å²) in [6.07, 6.45) is 6.48. The Morgan fingerprint density at radius 2 is 2.29 bits per heavy atom. The molecule has 1 rings (SSSR count). The van der Waals surface area contributed by atoms with Crippen LogP contribution in [0.5, 0.6) is 0 Å². The van der Waals surface area contributed by atoms with E-state index in [1.165, 1.54) is 45.3 Å². The molecule has 1 saturated heterocycles. The zero-order chi connectivity index (χ0) is 10.2. The van der Waals surface area contributed by atoms with Crippen molar-refractivity contribution in [3.8, 4) is 0 Å². The lowest BCUT2D eigenvalue weighted by Crippen LogP contribution is -2.50. The summed E-state index contributed by atoms with van der Waals surface area (Å²) in [5, 5.41) is 3.60. The summed E-state index contributed by atoms with van der Waals surface area (Å²) in [4.78, 5) is 2.54. The van der Waals surface area contributed by atoms with Crippen molar-refractivity contribution < 1.29 is 0 Å². The van der Waals surface area contributed by atoms with Crippen LogP contribution in [0.3, 0.4) is 0 Å². The molecule has 0 aromatic rings. The largest absolute Gasteiger partial charge is 0.311 e. The van der Waals surface area contributed by atoms with E-state index in [0.29, 0.717) is 0 Å². The molecule has 2 nitrogen and oxygen atoms in total. The van der Waals surface area contributed by atoms with E-state index in [4.69, 9.17) is 0 Å². The van der Waals surface area contributed by atoms with E-state index in [1.807, 2.05) is 0 Å². The molecule has 2 heteroatoms. The normalized spacial score (nSPS) is 24.0. The highest BCUT2D eigenvalue weighted by molar-refractivity contribution is 4.78. The fourth-order valence-electron chi connectivity index (χ4n) is 2.16. The van der Waals surface area contributed by atoms with E-state index in [0.717, 1.165) is 19.0 Å². The molecule has 0 spiro atoms. The molecule has 83 valence electrons. The highest BCUT2D eigenvalue weighted by Crippen LogP contribution is 2.08. The summed E-state index contributed by atoms with van der Waals surface area (Å²) in [7, 11) is 0. The van der Waals surface area contributed by atoms with Gasteiger partial charge in [-0.25, -0.2) is 0 Å². The van der Waals surface area contributed by atoms with Crippen LogP contribution >= 0.6 is 0 Å². The van der Waals surface area contributed by atoms with Crippen molar-refractivity contribution in [2.24, 2.45) is 0 Å². The Kier molecular flexibility index (Phi) is 6.20. The summed E-state index contributed by atoms with van der Waals surface area (Å²) >= 11 is 0. The van der Waals surface area contributed by atoms with E-state index in [-0.39, 0.29) is 0 Å². The molecule has 0 amide bonds. The predicted octanol–water partition coefficient (Wildman–Crippen LogP) is 2.06. The van der Waals surface area contributed by atoms with Gasteiger partial charge in [0.1, 0.15) is 0 Å². The van der Waals surface area contributed by atoms with Gasteiger partial charge < -0.3 is 10.2 Å². The van der Waals surface area contributed by atoms with Crippen LogP contribution in [0.15, 0.2) is 0 Å². The van der Waals surface area contributed by atoms with Crippen LogP contribution in [0, 0.1) is 6.92 Å². The fourth-order valence-corrected chi connectivity index (χ4v) is 2.16. The number of nitrogens with zero attached hydrogens (tertiary/aromatic N) is 1. The third-order valence-corrected chi connectivity index (χ3v) is 2.97. The molecule has 0 aliphatic carbocycles. The van der Waals surface area contributed by atoms with Crippen molar-refractivity contribution >= 4 is 0 Å². The summed E-state index contributed by atoms with van der Waals surface area (Å²) in [6.45, 7) is 11.0. The fraction of sp³-hybridized carbons (Fsp3) is 0.917. The summed E-state index contributed by atoms with van der Waals surface area (Å²) in [5.74, 6) is 0. The molecule has 0 aromatic heterocycles. The van der Waals surface area contributed by atoms with Gasteiger partial charge in [0.25, 0.3) is 0 Å². The van der Waals surface area contributed by atoms with Gasteiger partial charge in [-0.05, 0) is 19.4 Å². The van der Waals surface area contributed by atoms with Gasteiger partial charge in [-0.15, -0.1) is 0 Å². The van der Waals surface area contributed by atoms with Crippen LogP contribution in [0.2, 0.25) is 0 Å². The minimum Gasteiger partial charge on any atom is -0.311 e. The molecular weight excluding hydrogens is 172 g/mol. The van der Waals surface area contributed by atoms with Crippen LogP contribution in [0.1, 0.15) is 39.0 Å². The Morgan fingerprint density at radius 3 is 3.00 bits per heavy atom. The maximum atomic E-state index is 3.92. The number of piperazine rings is 1. The van der Waals surface area contributed by atoms with E-state index in [9.17, 15) is 0 Å². The molecule has 1 radical (unpaired) electrons. The molecule has 0 saturated carbocycles. The summed E-state index contributed by atoms with van der Waals surface area (Å²) in [6, 6.07) is 0.738. The van der Waals surface area contributed by atoms with Gasteiger partial charge >= 0.3 is 0 Å². The van der Waals surface area contributed by atoms with Crippen molar-refractivity contribution in [3.63, 3.8) is 0 Å². The predicted molar refractivity (Wildman–Crippen MR) is 62.3 cm³/mol. The van der Waals surface area contributed by atoms with Gasteiger partial charge in [-0.1, -0.05) is 33.1 Å². The molecule has 1 heterocycles. The Balaban J connectivity index is 2.12. The first kappa shape index (κ1) is 12.0. The molecule has 1 N–H and O–H groups in total. The van der Waals surface area contributed by atoms with E-state index in [1.54, 1.807) is 0 Å². The quantitative estimate of drug-likeness (QED) is 0.656. The zero-order valence-electron chi connectivity index (χ0n) is 9.60. The topological polar surface area (TPSA) is 15.3 Å². The van der Waals surface area contributed by atoms with E-state index in [2.05, 4.69) is 24.1 Å². The molecule has 1 fully saturated rings. The van der Waals surface area contributed by atoms with E-state index < -0.39 is 0 Å². The highest BCUT2D eigenvalue weighted by Gasteiger charge is 2.17. The molecular formula is C12H25N2. The molecule has 0 bridgehead atoms. The third kappa shape index (κ3) is 4.43. The maximum Gasteiger partial charge on any atom is 0.0195 e. The Bertz CT molecular complexity index is 134. The Morgan fingerprint density at radius 1 is 1.43 bits per heavy atom. The maximum absolute atomic E-state index is 3.92. The lowest BCUT2D eigenvalue weighted by atomic mass is 10.1. The van der Waals surface area contributed by atoms with E-state index >= 15 is 0 Å². The number of nitrogens with one attached hydrogen (secondary N) is 1. The lowest BCUT2D eigenvalue weighted by molar-refractivity contribution is 0.195. The van der Waals surface area contributed by atoms with Crippen LogP contribution in [0.4, 0.5) is 0 Å². The van der Waals surface area contributed by atoms with Crippen LogP contribution < -0.4 is 5.32 Å². The van der Waals surface area contributed by atoms with Gasteiger partial charge in [0.2, 0.25) is 0 Å². The number of rotatable bonds is 6. The molecule has 14 heavy (non-hydrogen) atoms. The minimum absolute atomic E-state index is 0.738. The van der Waals surface area contributed by atoms with Gasteiger partial charge in [0, 0.05) is 25.7 Å². The van der Waals surface area contributed by atoms with Crippen molar-refractivity contribution in [3.05, 3.63) is 6.92 Å². The SMILES string of the molecule is [CH2]CCN1CCNC(CCCCC)C1. The monoisotopic (exact) mass is 197 g/mol. The smallest absolute Gasteiger partial charge is 0.0195 e. The average Bonchev–Trinajstić information content (AvgIpc) is 2.19. The summed E-state index contributed by atoms with van der Waals surface area (Å²) in [5.41, 5.74) is 0. The second-order valence-corrected chi connectivity index (χ2v) is 4.30. The van der Waals surface area contributed by atoms with Crippen LogP contribution in [-0.4, -0.2) is 37.1 Å². The first-order valence-electron chi connectivity index (χ1n) is 6.11. The third-order valence-electron chi connectivity index (χ3n) is 2.97. The molecule has 1 unspecified atom stereocenters. The second kappa shape index (κ2) is 7.24. The highest BCUT2D eigenvalue weighted by atomic mass is 15.2. The average molecular weight is 197 g/mol. The van der Waals surface area contributed by atoms with Gasteiger partial charge in [-0.3, -0.25) is 0 Å². The first-order chi connectivity index (χ1) is 6.86. The number of hydrogen-bond acceptors (Lipinski definition) is 2. The van der Waals surface area contributed by atoms with Gasteiger partial charge in [0.15, 0.2) is 0 Å². The molecule has 1 aliphatic heterocycles. The van der Waals surface area contributed by atoms with Crippen LogP contribution in [-0.2, 0) is 0 Å². The molecule has 1 aliphatic rings. The molecule has 0 aromatic carbocycles. The Hall–Kier alpha value is -0.0800. The summed E-state index contributed by atoms with van der Waals surface area (Å²) < 4.78 is 0. The minimum atomic E-state index is 0.738. The van der Waals surface area contributed by atoms with Crippen molar-refractivity contribution in [1.29, 1.82) is 0 Å². The first-order valence-corrected chi connectivity index (χ1v) is 6.11. The van der Waals surface area contributed by atoms with Crippen molar-refractivity contribution in [1.82, 2.24) is 10.2 Å². The number of unbranched alkanes of at least 4 members (excludes halogenated alkanes) is 2. The standard InChI is InChI=1S/C12H25N2/c1-3-5-6-7-12-11-14(9-4-2)10-8-13-12/h12-13H,2-11H2,1H3. The van der Waals surface area contributed by atoms with Crippen molar-refractivity contribution in [2.75, 3.05) is 26.2 Å².